The highest BCUT2D eigenvalue weighted by molar-refractivity contribution is 7.17. The van der Waals surface area contributed by atoms with E-state index in [4.69, 9.17) is 11.6 Å². The lowest BCUT2D eigenvalue weighted by Gasteiger charge is -2.31. The summed E-state index contributed by atoms with van der Waals surface area (Å²) in [5, 5.41) is 9.18. The smallest absolute Gasteiger partial charge is 0.338 e. The maximum atomic E-state index is 11.2. The summed E-state index contributed by atoms with van der Waals surface area (Å²) in [6.45, 7) is 0. The zero-order valence-electron chi connectivity index (χ0n) is 8.86. The zero-order chi connectivity index (χ0) is 11.4. The molecule has 0 saturated carbocycles. The zero-order valence-corrected chi connectivity index (χ0v) is 10.4. The summed E-state index contributed by atoms with van der Waals surface area (Å²) in [5.41, 5.74) is 1.35. The predicted molar refractivity (Wildman–Crippen MR) is 63.5 cm³/mol. The van der Waals surface area contributed by atoms with E-state index in [1.165, 1.54) is 22.6 Å². The Kier molecular flexibility index (Phi) is 2.28. The van der Waals surface area contributed by atoms with Crippen LogP contribution in [-0.2, 0) is 6.42 Å². The van der Waals surface area contributed by atoms with Gasteiger partial charge >= 0.3 is 5.97 Å². The van der Waals surface area contributed by atoms with E-state index in [1.807, 2.05) is 0 Å². The molecule has 3 heterocycles. The van der Waals surface area contributed by atoms with Crippen molar-refractivity contribution in [2.75, 3.05) is 7.05 Å². The topological polar surface area (TPSA) is 40.5 Å². The first-order valence-electron chi connectivity index (χ1n) is 5.36. The summed E-state index contributed by atoms with van der Waals surface area (Å²) < 4.78 is 0.443. The van der Waals surface area contributed by atoms with Crippen molar-refractivity contribution in [2.45, 2.75) is 31.3 Å². The van der Waals surface area contributed by atoms with Crippen LogP contribution in [0, 0.1) is 0 Å². The number of hydrogen-bond acceptors (Lipinski definition) is 3. The van der Waals surface area contributed by atoms with Gasteiger partial charge in [0.25, 0.3) is 0 Å². The van der Waals surface area contributed by atoms with Gasteiger partial charge in [-0.3, -0.25) is 4.90 Å². The van der Waals surface area contributed by atoms with Crippen molar-refractivity contribution < 1.29 is 9.90 Å². The van der Waals surface area contributed by atoms with Gasteiger partial charge in [-0.2, -0.15) is 0 Å². The number of carboxylic acid groups (broad SMARTS) is 1. The van der Waals surface area contributed by atoms with Gasteiger partial charge in [0, 0.05) is 17.0 Å². The molecule has 1 N–H and O–H groups in total. The fourth-order valence-corrected chi connectivity index (χ4v) is 4.62. The molecule has 0 aliphatic carbocycles. The van der Waals surface area contributed by atoms with Gasteiger partial charge in [0.2, 0.25) is 0 Å². The Balaban J connectivity index is 2.16. The summed E-state index contributed by atoms with van der Waals surface area (Å²) in [5.74, 6) is -0.883. The predicted octanol–water partition coefficient (Wildman–Crippen LogP) is 2.79. The van der Waals surface area contributed by atoms with Gasteiger partial charge in [0.15, 0.2) is 0 Å². The molecule has 1 aromatic heterocycles. The number of aromatic carboxylic acids is 1. The van der Waals surface area contributed by atoms with E-state index in [0.29, 0.717) is 22.0 Å². The minimum Gasteiger partial charge on any atom is -0.478 e. The molecule has 3 rings (SSSR count). The summed E-state index contributed by atoms with van der Waals surface area (Å²) in [7, 11) is 2.12. The molecule has 3 nitrogen and oxygen atoms in total. The summed E-state index contributed by atoms with van der Waals surface area (Å²) in [4.78, 5) is 14.7. The molecule has 2 atom stereocenters. The van der Waals surface area contributed by atoms with Gasteiger partial charge in [-0.15, -0.1) is 11.3 Å². The minimum absolute atomic E-state index is 0.353. The molecule has 0 spiro atoms. The van der Waals surface area contributed by atoms with Crippen LogP contribution < -0.4 is 0 Å². The molecule has 16 heavy (non-hydrogen) atoms. The van der Waals surface area contributed by atoms with Crippen LogP contribution in [0.1, 0.15) is 39.7 Å². The Bertz CT molecular complexity index is 471. The lowest BCUT2D eigenvalue weighted by Crippen LogP contribution is -2.33. The van der Waals surface area contributed by atoms with Crippen LogP contribution in [0.2, 0.25) is 4.34 Å². The Morgan fingerprint density at radius 3 is 3.00 bits per heavy atom. The van der Waals surface area contributed by atoms with Crippen molar-refractivity contribution in [3.05, 3.63) is 20.3 Å². The fourth-order valence-electron chi connectivity index (χ4n) is 2.95. The molecule has 86 valence electrons. The number of likely N-dealkylation sites (N-methyl/N-ethyl adjacent to an activating group) is 1. The maximum Gasteiger partial charge on any atom is 0.338 e. The van der Waals surface area contributed by atoms with Gasteiger partial charge in [-0.05, 0) is 31.9 Å². The molecule has 0 amide bonds. The molecule has 2 bridgehead atoms. The van der Waals surface area contributed by atoms with Crippen molar-refractivity contribution in [1.82, 2.24) is 4.90 Å². The first-order chi connectivity index (χ1) is 7.59. The fraction of sp³-hybridized carbons (Fsp3) is 0.545. The van der Waals surface area contributed by atoms with E-state index in [1.54, 1.807) is 0 Å². The van der Waals surface area contributed by atoms with Crippen molar-refractivity contribution in [3.63, 3.8) is 0 Å². The van der Waals surface area contributed by atoms with Gasteiger partial charge < -0.3 is 5.11 Å². The highest BCUT2D eigenvalue weighted by Crippen LogP contribution is 2.49. The molecule has 0 radical (unpaired) electrons. The molecule has 5 heteroatoms. The van der Waals surface area contributed by atoms with Crippen LogP contribution >= 0.6 is 22.9 Å². The third-order valence-electron chi connectivity index (χ3n) is 3.79. The number of nitrogens with zero attached hydrogens (tertiary/aromatic N) is 1. The van der Waals surface area contributed by atoms with Crippen molar-refractivity contribution in [1.29, 1.82) is 0 Å². The summed E-state index contributed by atoms with van der Waals surface area (Å²) >= 11 is 7.49. The number of carbonyl (C=O) groups is 1. The van der Waals surface area contributed by atoms with E-state index in [9.17, 15) is 9.90 Å². The third kappa shape index (κ3) is 1.27. The van der Waals surface area contributed by atoms with Crippen LogP contribution in [0.5, 0.6) is 0 Å². The second kappa shape index (κ2) is 3.45. The Morgan fingerprint density at radius 2 is 2.31 bits per heavy atom. The first-order valence-corrected chi connectivity index (χ1v) is 6.55. The Hall–Kier alpha value is -0.580. The minimum atomic E-state index is -0.883. The quantitative estimate of drug-likeness (QED) is 0.841. The number of rotatable bonds is 1. The van der Waals surface area contributed by atoms with E-state index in [2.05, 4.69) is 11.9 Å². The average molecular weight is 258 g/mol. The highest BCUT2D eigenvalue weighted by Gasteiger charge is 2.41. The molecule has 2 aliphatic rings. The monoisotopic (exact) mass is 257 g/mol. The number of thiophene rings is 1. The van der Waals surface area contributed by atoms with E-state index >= 15 is 0 Å². The molecular weight excluding hydrogens is 246 g/mol. The summed E-state index contributed by atoms with van der Waals surface area (Å²) in [6, 6.07) is 0.894. The van der Waals surface area contributed by atoms with Gasteiger partial charge in [0.05, 0.1) is 5.56 Å². The third-order valence-corrected chi connectivity index (χ3v) is 5.33. The molecule has 1 fully saturated rings. The van der Waals surface area contributed by atoms with E-state index in [-0.39, 0.29) is 0 Å². The molecule has 2 aliphatic heterocycles. The first kappa shape index (κ1) is 10.6. The SMILES string of the molecule is CN1C2CCC1c1sc(Cl)c(C(=O)O)c1C2. The molecule has 2 unspecified atom stereocenters. The van der Waals surface area contributed by atoms with Crippen molar-refractivity contribution >= 4 is 28.9 Å². The van der Waals surface area contributed by atoms with Gasteiger partial charge in [-0.1, -0.05) is 11.6 Å². The van der Waals surface area contributed by atoms with Crippen molar-refractivity contribution in [2.24, 2.45) is 0 Å². The molecule has 1 aromatic rings. The van der Waals surface area contributed by atoms with E-state index < -0.39 is 5.97 Å². The lowest BCUT2D eigenvalue weighted by atomic mass is 9.98. The second-order valence-corrected chi connectivity index (χ2v) is 6.17. The van der Waals surface area contributed by atoms with Crippen LogP contribution in [0.4, 0.5) is 0 Å². The maximum absolute atomic E-state index is 11.2. The van der Waals surface area contributed by atoms with Gasteiger partial charge in [0.1, 0.15) is 4.34 Å². The average Bonchev–Trinajstić information content (AvgIpc) is 2.64. The molecule has 1 saturated heterocycles. The lowest BCUT2D eigenvalue weighted by molar-refractivity contribution is 0.0695. The largest absolute Gasteiger partial charge is 0.478 e. The van der Waals surface area contributed by atoms with Crippen molar-refractivity contribution in [3.8, 4) is 0 Å². The number of halogens is 1. The Labute approximate surface area is 103 Å². The van der Waals surface area contributed by atoms with E-state index in [0.717, 1.165) is 18.4 Å². The summed E-state index contributed by atoms with van der Waals surface area (Å²) in [6.07, 6.45) is 3.14. The molecular formula is C11H12ClNO2S. The van der Waals surface area contributed by atoms with Crippen LogP contribution in [0.15, 0.2) is 0 Å². The standard InChI is InChI=1S/C11H12ClNO2S/c1-13-5-2-3-7(13)9-6(4-5)8(11(14)15)10(12)16-9/h5,7H,2-4H2,1H3,(H,14,15). The van der Waals surface area contributed by atoms with Crippen LogP contribution in [-0.4, -0.2) is 29.1 Å². The number of carboxylic acids is 1. The normalized spacial score (nSPS) is 28.1. The van der Waals surface area contributed by atoms with Crippen LogP contribution in [0.25, 0.3) is 0 Å². The second-order valence-electron chi connectivity index (χ2n) is 4.52. The number of hydrogen-bond donors (Lipinski definition) is 1. The van der Waals surface area contributed by atoms with Crippen LogP contribution in [0.3, 0.4) is 0 Å². The number of fused-ring (bicyclic) bond motifs is 4. The Morgan fingerprint density at radius 1 is 1.56 bits per heavy atom. The molecule has 0 aromatic carbocycles. The highest BCUT2D eigenvalue weighted by atomic mass is 35.5. The van der Waals surface area contributed by atoms with Gasteiger partial charge in [-0.25, -0.2) is 4.79 Å².